The van der Waals surface area contributed by atoms with Crippen molar-refractivity contribution in [3.05, 3.63) is 83.4 Å². The van der Waals surface area contributed by atoms with Crippen molar-refractivity contribution in [2.45, 2.75) is 43.8 Å². The van der Waals surface area contributed by atoms with Gasteiger partial charge in [0.25, 0.3) is 5.60 Å². The number of carbonyl (C=O) groups excluding carboxylic acids is 2. The Labute approximate surface area is 201 Å². The average molecular weight is 499 g/mol. The predicted octanol–water partition coefficient (Wildman–Crippen LogP) is 5.71. The van der Waals surface area contributed by atoms with E-state index in [2.05, 4.69) is 0 Å². The number of rotatable bonds is 13. The highest BCUT2D eigenvalue weighted by Gasteiger charge is 2.64. The number of esters is 1. The highest BCUT2D eigenvalue weighted by Crippen LogP contribution is 2.43. The van der Waals surface area contributed by atoms with Gasteiger partial charge in [0.2, 0.25) is 0 Å². The van der Waals surface area contributed by atoms with Gasteiger partial charge in [0.05, 0.1) is 6.61 Å². The van der Waals surface area contributed by atoms with E-state index in [4.69, 9.17) is 25.8 Å². The number of carbonyl (C=O) groups is 2. The molecule has 0 amide bonds. The summed E-state index contributed by atoms with van der Waals surface area (Å²) in [5.41, 5.74) is -1.80. The molecule has 2 aromatic carbocycles. The zero-order valence-electron chi connectivity index (χ0n) is 18.6. The van der Waals surface area contributed by atoms with Gasteiger partial charge < -0.3 is 14.2 Å². The number of allylic oxidation sites excluding steroid dienone is 1. The molecule has 0 aliphatic carbocycles. The third-order valence-electron chi connectivity index (χ3n) is 5.05. The van der Waals surface area contributed by atoms with Crippen LogP contribution in [-0.2, 0) is 36.0 Å². The van der Waals surface area contributed by atoms with Crippen LogP contribution >= 0.6 is 11.6 Å². The van der Waals surface area contributed by atoms with E-state index in [1.54, 1.807) is 0 Å². The second-order valence-corrected chi connectivity index (χ2v) is 7.67. The molecule has 0 bridgehead atoms. The number of ether oxygens (including phenoxy) is 3. The van der Waals surface area contributed by atoms with Crippen molar-refractivity contribution >= 4 is 23.4 Å². The first kappa shape index (κ1) is 27.6. The first-order chi connectivity index (χ1) is 16.2. The first-order valence-electron chi connectivity index (χ1n) is 10.5. The van der Waals surface area contributed by atoms with Crippen molar-refractivity contribution in [2.75, 3.05) is 13.7 Å². The SMILES string of the molecule is CO[C@](C(=O)O[C@H](CCCOCc1ccccc1)CC(=O)/C=C/Cl)(c1ccccc1)C(F)(F)F. The van der Waals surface area contributed by atoms with Gasteiger partial charge in [0.1, 0.15) is 6.10 Å². The number of hydrogen-bond donors (Lipinski definition) is 0. The van der Waals surface area contributed by atoms with Gasteiger partial charge in [-0.2, -0.15) is 13.2 Å². The number of methoxy groups -OCH3 is 1. The van der Waals surface area contributed by atoms with E-state index in [0.29, 0.717) is 13.0 Å². The van der Waals surface area contributed by atoms with Crippen molar-refractivity contribution in [2.24, 2.45) is 0 Å². The van der Waals surface area contributed by atoms with Gasteiger partial charge in [-0.1, -0.05) is 72.3 Å². The molecule has 0 fully saturated rings. The van der Waals surface area contributed by atoms with Crippen LogP contribution in [0.3, 0.4) is 0 Å². The van der Waals surface area contributed by atoms with Crippen LogP contribution in [-0.4, -0.2) is 37.7 Å². The van der Waals surface area contributed by atoms with Crippen LogP contribution in [0, 0.1) is 0 Å². The van der Waals surface area contributed by atoms with Gasteiger partial charge in [-0.25, -0.2) is 4.79 Å². The molecule has 184 valence electrons. The van der Waals surface area contributed by atoms with E-state index in [1.807, 2.05) is 30.3 Å². The van der Waals surface area contributed by atoms with Crippen molar-refractivity contribution in [1.82, 2.24) is 0 Å². The first-order valence-corrected chi connectivity index (χ1v) is 11.0. The second-order valence-electron chi connectivity index (χ2n) is 7.42. The molecule has 0 unspecified atom stereocenters. The number of ketones is 1. The summed E-state index contributed by atoms with van der Waals surface area (Å²) in [6, 6.07) is 15.9. The van der Waals surface area contributed by atoms with E-state index in [1.165, 1.54) is 18.2 Å². The predicted molar refractivity (Wildman–Crippen MR) is 121 cm³/mol. The lowest BCUT2D eigenvalue weighted by atomic mass is 9.92. The second kappa shape index (κ2) is 13.3. The summed E-state index contributed by atoms with van der Waals surface area (Å²) < 4.78 is 57.9. The maximum atomic E-state index is 14.1. The molecule has 0 radical (unpaired) electrons. The fraction of sp³-hybridized carbons (Fsp3) is 0.360. The number of benzene rings is 2. The molecule has 0 saturated heterocycles. The van der Waals surface area contributed by atoms with E-state index < -0.39 is 35.2 Å². The fourth-order valence-electron chi connectivity index (χ4n) is 3.36. The summed E-state index contributed by atoms with van der Waals surface area (Å²) in [6.45, 7) is 0.615. The smallest absolute Gasteiger partial charge is 0.432 e. The van der Waals surface area contributed by atoms with E-state index in [0.717, 1.165) is 36.4 Å². The van der Waals surface area contributed by atoms with Crippen LogP contribution < -0.4 is 0 Å². The Bertz CT molecular complexity index is 935. The Morgan fingerprint density at radius 2 is 1.65 bits per heavy atom. The molecule has 2 aromatic rings. The van der Waals surface area contributed by atoms with Gasteiger partial charge in [-0.15, -0.1) is 0 Å². The van der Waals surface area contributed by atoms with Gasteiger partial charge in [0.15, 0.2) is 5.78 Å². The highest BCUT2D eigenvalue weighted by atomic mass is 35.5. The van der Waals surface area contributed by atoms with E-state index >= 15 is 0 Å². The maximum absolute atomic E-state index is 14.1. The molecule has 34 heavy (non-hydrogen) atoms. The Morgan fingerprint density at radius 3 is 2.21 bits per heavy atom. The normalized spacial score (nSPS) is 14.5. The van der Waals surface area contributed by atoms with Crippen LogP contribution in [0.1, 0.15) is 30.4 Å². The number of alkyl halides is 3. The van der Waals surface area contributed by atoms with Crippen LogP contribution in [0.4, 0.5) is 13.2 Å². The third kappa shape index (κ3) is 7.41. The Morgan fingerprint density at radius 1 is 1.03 bits per heavy atom. The van der Waals surface area contributed by atoms with Crippen molar-refractivity contribution in [3.63, 3.8) is 0 Å². The topological polar surface area (TPSA) is 61.8 Å². The molecular formula is C25H26ClF3O5. The maximum Gasteiger partial charge on any atom is 0.432 e. The highest BCUT2D eigenvalue weighted by molar-refractivity contribution is 6.26. The average Bonchev–Trinajstić information content (AvgIpc) is 2.80. The summed E-state index contributed by atoms with van der Waals surface area (Å²) >= 11 is 5.43. The molecule has 0 aliphatic rings. The lowest BCUT2D eigenvalue weighted by Gasteiger charge is -2.33. The van der Waals surface area contributed by atoms with Gasteiger partial charge in [-0.05, 0) is 24.5 Å². The van der Waals surface area contributed by atoms with Crippen LogP contribution in [0.25, 0.3) is 0 Å². The summed E-state index contributed by atoms with van der Waals surface area (Å²) in [5.74, 6) is -2.14. The Balaban J connectivity index is 2.12. The molecule has 5 nitrogen and oxygen atoms in total. The van der Waals surface area contributed by atoms with Crippen molar-refractivity contribution < 1.29 is 37.0 Å². The molecule has 2 rings (SSSR count). The molecular weight excluding hydrogens is 473 g/mol. The minimum atomic E-state index is -5.11. The summed E-state index contributed by atoms with van der Waals surface area (Å²) in [6.07, 6.45) is -5.06. The summed E-state index contributed by atoms with van der Waals surface area (Å²) in [5, 5.41) is 0. The molecule has 9 heteroatoms. The van der Waals surface area contributed by atoms with Crippen molar-refractivity contribution in [3.8, 4) is 0 Å². The Kier molecular flexibility index (Phi) is 10.8. The van der Waals surface area contributed by atoms with Crippen LogP contribution in [0.5, 0.6) is 0 Å². The van der Waals surface area contributed by atoms with Crippen LogP contribution in [0.2, 0.25) is 0 Å². The largest absolute Gasteiger partial charge is 0.459 e. The quantitative estimate of drug-likeness (QED) is 0.201. The van der Waals surface area contributed by atoms with Crippen molar-refractivity contribution in [1.29, 1.82) is 0 Å². The molecule has 0 saturated carbocycles. The van der Waals surface area contributed by atoms with Gasteiger partial charge in [-0.3, -0.25) is 4.79 Å². The minimum Gasteiger partial charge on any atom is -0.459 e. The molecule has 0 aliphatic heterocycles. The molecule has 0 N–H and O–H groups in total. The zero-order valence-corrected chi connectivity index (χ0v) is 19.4. The standard InChI is InChI=1S/C25H26ClF3O5/c1-32-24(25(27,28)29,20-11-6-3-7-12-20)23(31)34-22(17-21(30)14-15-26)13-8-16-33-18-19-9-4-2-5-10-19/h2-7,9-12,14-15,22H,8,13,16-18H2,1H3/b15-14+/t22-,24+/m1/s1. The number of hydrogen-bond acceptors (Lipinski definition) is 5. The molecule has 0 heterocycles. The fourth-order valence-corrected chi connectivity index (χ4v) is 3.50. The van der Waals surface area contributed by atoms with Gasteiger partial charge >= 0.3 is 12.1 Å². The molecule has 0 spiro atoms. The van der Waals surface area contributed by atoms with Crippen LogP contribution in [0.15, 0.2) is 72.3 Å². The molecule has 0 aromatic heterocycles. The lowest BCUT2D eigenvalue weighted by Crippen LogP contribution is -2.52. The summed E-state index contributed by atoms with van der Waals surface area (Å²) in [7, 11) is 0.787. The molecule has 2 atom stereocenters. The third-order valence-corrected chi connectivity index (χ3v) is 5.18. The van der Waals surface area contributed by atoms with Gasteiger partial charge in [0, 0.05) is 31.2 Å². The summed E-state index contributed by atoms with van der Waals surface area (Å²) in [4.78, 5) is 25.0. The minimum absolute atomic E-state index is 0.106. The van der Waals surface area contributed by atoms with E-state index in [-0.39, 0.29) is 19.4 Å². The Hall–Kier alpha value is -2.68. The monoisotopic (exact) mass is 498 g/mol. The lowest BCUT2D eigenvalue weighted by molar-refractivity contribution is -0.278. The number of halogens is 4. The zero-order chi connectivity index (χ0) is 25.0. The van der Waals surface area contributed by atoms with E-state index in [9.17, 15) is 22.8 Å².